The van der Waals surface area contributed by atoms with Crippen LogP contribution in [-0.4, -0.2) is 48.6 Å². The van der Waals surface area contributed by atoms with Crippen molar-refractivity contribution in [2.24, 2.45) is 4.99 Å². The maximum absolute atomic E-state index is 12.0. The second-order valence-electron chi connectivity index (χ2n) is 7.92. The summed E-state index contributed by atoms with van der Waals surface area (Å²) in [5.41, 5.74) is 0.873. The molecule has 0 aliphatic carbocycles. The van der Waals surface area contributed by atoms with Crippen molar-refractivity contribution >= 4 is 17.7 Å². The number of hydrogen-bond donors (Lipinski definition) is 3. The van der Waals surface area contributed by atoms with E-state index in [2.05, 4.69) is 36.9 Å². The van der Waals surface area contributed by atoms with E-state index in [0.717, 1.165) is 31.0 Å². The normalized spacial score (nSPS) is 15.4. The van der Waals surface area contributed by atoms with Crippen LogP contribution in [0.25, 0.3) is 0 Å². The SMILES string of the molecule is CCNC(=NCc1ccnc(N2CCCCC2)c1)NCC(=O)NC(C)(C)C. The lowest BCUT2D eigenvalue weighted by atomic mass is 10.1. The minimum atomic E-state index is -0.240. The van der Waals surface area contributed by atoms with Gasteiger partial charge in [0.1, 0.15) is 5.82 Å². The third kappa shape index (κ3) is 7.85. The van der Waals surface area contributed by atoms with Gasteiger partial charge >= 0.3 is 0 Å². The van der Waals surface area contributed by atoms with Crippen molar-refractivity contribution in [1.29, 1.82) is 0 Å². The number of piperidine rings is 1. The molecule has 2 rings (SSSR count). The fourth-order valence-corrected chi connectivity index (χ4v) is 2.99. The fraction of sp³-hybridized carbons (Fsp3) is 0.650. The van der Waals surface area contributed by atoms with Crippen molar-refractivity contribution in [3.63, 3.8) is 0 Å². The van der Waals surface area contributed by atoms with Gasteiger partial charge in [0.25, 0.3) is 0 Å². The summed E-state index contributed by atoms with van der Waals surface area (Å²) in [7, 11) is 0. The summed E-state index contributed by atoms with van der Waals surface area (Å²) in [6, 6.07) is 4.11. The van der Waals surface area contributed by atoms with Crippen LogP contribution in [0.4, 0.5) is 5.82 Å². The van der Waals surface area contributed by atoms with Crippen molar-refractivity contribution in [3.05, 3.63) is 23.9 Å². The predicted octanol–water partition coefficient (Wildman–Crippen LogP) is 2.04. The van der Waals surface area contributed by atoms with Gasteiger partial charge in [-0.2, -0.15) is 0 Å². The first-order chi connectivity index (χ1) is 12.9. The molecule has 0 atom stereocenters. The highest BCUT2D eigenvalue weighted by Crippen LogP contribution is 2.18. The van der Waals surface area contributed by atoms with Crippen LogP contribution in [0, 0.1) is 0 Å². The van der Waals surface area contributed by atoms with Gasteiger partial charge in [-0.3, -0.25) is 4.79 Å². The fourth-order valence-electron chi connectivity index (χ4n) is 2.99. The molecule has 1 aromatic heterocycles. The first-order valence-corrected chi connectivity index (χ1v) is 9.90. The third-order valence-corrected chi connectivity index (χ3v) is 4.18. The largest absolute Gasteiger partial charge is 0.357 e. The van der Waals surface area contributed by atoms with E-state index in [1.54, 1.807) is 0 Å². The Labute approximate surface area is 163 Å². The summed E-state index contributed by atoms with van der Waals surface area (Å²) in [6.07, 6.45) is 5.62. The van der Waals surface area contributed by atoms with E-state index >= 15 is 0 Å². The lowest BCUT2D eigenvalue weighted by molar-refractivity contribution is -0.121. The number of carbonyl (C=O) groups excluding carboxylic acids is 1. The maximum atomic E-state index is 12.0. The van der Waals surface area contributed by atoms with Crippen LogP contribution in [0.3, 0.4) is 0 Å². The molecule has 1 saturated heterocycles. The van der Waals surface area contributed by atoms with E-state index in [4.69, 9.17) is 0 Å². The Morgan fingerprint density at radius 2 is 1.96 bits per heavy atom. The van der Waals surface area contributed by atoms with Crippen molar-refractivity contribution < 1.29 is 4.79 Å². The lowest BCUT2D eigenvalue weighted by Crippen LogP contribution is -2.48. The van der Waals surface area contributed by atoms with Gasteiger partial charge in [0.15, 0.2) is 5.96 Å². The van der Waals surface area contributed by atoms with Gasteiger partial charge in [0, 0.05) is 31.4 Å². The molecule has 7 heteroatoms. The molecule has 1 aliphatic rings. The maximum Gasteiger partial charge on any atom is 0.239 e. The van der Waals surface area contributed by atoms with Crippen molar-refractivity contribution in [1.82, 2.24) is 20.9 Å². The molecule has 0 spiro atoms. The Hall–Kier alpha value is -2.31. The molecular weight excluding hydrogens is 340 g/mol. The minimum absolute atomic E-state index is 0.0515. The zero-order chi connectivity index (χ0) is 19.7. The summed E-state index contributed by atoms with van der Waals surface area (Å²) in [5, 5.41) is 9.21. The number of nitrogens with zero attached hydrogens (tertiary/aromatic N) is 3. The van der Waals surface area contributed by atoms with Crippen molar-refractivity contribution in [3.8, 4) is 0 Å². The average Bonchev–Trinajstić information content (AvgIpc) is 2.63. The van der Waals surface area contributed by atoms with Crippen LogP contribution in [0.5, 0.6) is 0 Å². The van der Waals surface area contributed by atoms with Crippen LogP contribution < -0.4 is 20.9 Å². The van der Waals surface area contributed by atoms with Crippen LogP contribution in [-0.2, 0) is 11.3 Å². The Bertz CT molecular complexity index is 632. The third-order valence-electron chi connectivity index (χ3n) is 4.18. The molecule has 0 aromatic carbocycles. The van der Waals surface area contributed by atoms with Gasteiger partial charge in [-0.05, 0) is 64.7 Å². The van der Waals surface area contributed by atoms with Crippen LogP contribution in [0.2, 0.25) is 0 Å². The quantitative estimate of drug-likeness (QED) is 0.524. The summed E-state index contributed by atoms with van der Waals surface area (Å²) in [6.45, 7) is 11.5. The molecule has 0 radical (unpaired) electrons. The number of pyridine rings is 1. The Balaban J connectivity index is 1.94. The smallest absolute Gasteiger partial charge is 0.239 e. The molecule has 1 aliphatic heterocycles. The highest BCUT2D eigenvalue weighted by Gasteiger charge is 2.14. The Morgan fingerprint density at radius 1 is 1.22 bits per heavy atom. The van der Waals surface area contributed by atoms with E-state index in [1.165, 1.54) is 19.3 Å². The molecule has 7 nitrogen and oxygen atoms in total. The molecule has 0 unspecified atom stereocenters. The second-order valence-corrected chi connectivity index (χ2v) is 7.92. The number of rotatable bonds is 6. The lowest BCUT2D eigenvalue weighted by Gasteiger charge is -2.27. The number of carbonyl (C=O) groups is 1. The molecule has 3 N–H and O–H groups in total. The van der Waals surface area contributed by atoms with E-state index in [9.17, 15) is 4.79 Å². The molecule has 1 aromatic rings. The standard InChI is InChI=1S/C20H34N6O/c1-5-21-19(24-15-18(27)25-20(2,3)4)23-14-16-9-10-22-17(13-16)26-11-7-6-8-12-26/h9-10,13H,5-8,11-12,14-15H2,1-4H3,(H,25,27)(H2,21,23,24). The molecule has 0 saturated carbocycles. The molecule has 2 heterocycles. The zero-order valence-corrected chi connectivity index (χ0v) is 17.1. The van der Waals surface area contributed by atoms with Gasteiger partial charge in [0.05, 0.1) is 13.1 Å². The van der Waals surface area contributed by atoms with Crippen molar-refractivity contribution in [2.45, 2.75) is 59.0 Å². The first kappa shape index (κ1) is 21.0. The molecular formula is C20H34N6O. The summed E-state index contributed by atoms with van der Waals surface area (Å²) in [5.74, 6) is 1.62. The predicted molar refractivity (Wildman–Crippen MR) is 111 cm³/mol. The zero-order valence-electron chi connectivity index (χ0n) is 17.1. The molecule has 0 bridgehead atoms. The number of aliphatic imine (C=N–C) groups is 1. The number of anilines is 1. The second kappa shape index (κ2) is 10.1. The summed E-state index contributed by atoms with van der Waals surface area (Å²) < 4.78 is 0. The van der Waals surface area contributed by atoms with Gasteiger partial charge < -0.3 is 20.9 Å². The molecule has 150 valence electrons. The monoisotopic (exact) mass is 374 g/mol. The summed E-state index contributed by atoms with van der Waals surface area (Å²) in [4.78, 5) is 23.5. The van der Waals surface area contributed by atoms with Gasteiger partial charge in [-0.25, -0.2) is 9.98 Å². The average molecular weight is 375 g/mol. The van der Waals surface area contributed by atoms with Gasteiger partial charge in [-0.1, -0.05) is 0 Å². The van der Waals surface area contributed by atoms with E-state index < -0.39 is 0 Å². The number of nitrogens with one attached hydrogen (secondary N) is 3. The minimum Gasteiger partial charge on any atom is -0.357 e. The molecule has 1 amide bonds. The van der Waals surface area contributed by atoms with Gasteiger partial charge in [-0.15, -0.1) is 0 Å². The number of guanidine groups is 1. The molecule has 27 heavy (non-hydrogen) atoms. The molecule has 1 fully saturated rings. The van der Waals surface area contributed by atoms with Crippen LogP contribution >= 0.6 is 0 Å². The number of hydrogen-bond acceptors (Lipinski definition) is 4. The summed E-state index contributed by atoms with van der Waals surface area (Å²) >= 11 is 0. The van der Waals surface area contributed by atoms with Crippen LogP contribution in [0.1, 0.15) is 52.5 Å². The van der Waals surface area contributed by atoms with E-state index in [-0.39, 0.29) is 18.0 Å². The number of aromatic nitrogens is 1. The van der Waals surface area contributed by atoms with Crippen LogP contribution in [0.15, 0.2) is 23.3 Å². The highest BCUT2D eigenvalue weighted by molar-refractivity contribution is 5.86. The highest BCUT2D eigenvalue weighted by atomic mass is 16.2. The first-order valence-electron chi connectivity index (χ1n) is 9.90. The van der Waals surface area contributed by atoms with Crippen molar-refractivity contribution in [2.75, 3.05) is 31.1 Å². The Kier molecular flexibility index (Phi) is 7.88. The van der Waals surface area contributed by atoms with E-state index in [1.807, 2.05) is 40.0 Å². The number of amides is 1. The van der Waals surface area contributed by atoms with E-state index in [0.29, 0.717) is 12.5 Å². The van der Waals surface area contributed by atoms with Gasteiger partial charge in [0.2, 0.25) is 5.91 Å². The Morgan fingerprint density at radius 3 is 2.63 bits per heavy atom. The topological polar surface area (TPSA) is 81.7 Å².